The van der Waals surface area contributed by atoms with Gasteiger partial charge in [0.1, 0.15) is 16.9 Å². The van der Waals surface area contributed by atoms with Crippen LogP contribution in [0.25, 0.3) is 0 Å². The zero-order valence-corrected chi connectivity index (χ0v) is 11.8. The van der Waals surface area contributed by atoms with Crippen LogP contribution in [0, 0.1) is 0 Å². The molecule has 0 spiro atoms. The van der Waals surface area contributed by atoms with Crippen molar-refractivity contribution in [3.63, 3.8) is 0 Å². The van der Waals surface area contributed by atoms with Crippen molar-refractivity contribution in [1.82, 2.24) is 9.55 Å². The highest BCUT2D eigenvalue weighted by Crippen LogP contribution is 2.27. The van der Waals surface area contributed by atoms with Gasteiger partial charge in [-0.3, -0.25) is 4.57 Å². The minimum atomic E-state index is -0.622. The molecule has 0 saturated heterocycles. The van der Waals surface area contributed by atoms with Gasteiger partial charge in [-0.05, 0) is 26.8 Å². The number of alkyl halides is 1. The average molecular weight is 286 g/mol. The molecular weight excluding hydrogens is 270 g/mol. The summed E-state index contributed by atoms with van der Waals surface area (Å²) in [7, 11) is 0. The van der Waals surface area contributed by atoms with Crippen LogP contribution in [0.15, 0.2) is 17.1 Å². The Morgan fingerprint density at radius 3 is 2.84 bits per heavy atom. The number of anilines is 1. The number of hydrogen-bond donors (Lipinski definition) is 0. The summed E-state index contributed by atoms with van der Waals surface area (Å²) in [5, 5.41) is 0. The standard InChI is InChI=1S/C12H16ClN3O3/c1-12(2,3)19-11(18)16-8(13)5-7-15-9(16)4-6-14-10(15)17/h4,6,8H,5,7H2,1-3H3. The Bertz CT molecular complexity index is 550. The van der Waals surface area contributed by atoms with E-state index in [1.54, 1.807) is 26.8 Å². The lowest BCUT2D eigenvalue weighted by molar-refractivity contribution is 0.0567. The van der Waals surface area contributed by atoms with E-state index in [9.17, 15) is 9.59 Å². The molecule has 19 heavy (non-hydrogen) atoms. The van der Waals surface area contributed by atoms with Crippen molar-refractivity contribution in [2.75, 3.05) is 4.90 Å². The Morgan fingerprint density at radius 1 is 1.53 bits per heavy atom. The molecule has 1 aromatic heterocycles. The Labute approximate surface area is 115 Å². The molecule has 1 aliphatic heterocycles. The van der Waals surface area contributed by atoms with Crippen LogP contribution in [0.4, 0.5) is 10.6 Å². The lowest BCUT2D eigenvalue weighted by atomic mass is 10.2. The summed E-state index contributed by atoms with van der Waals surface area (Å²) in [4.78, 5) is 28.8. The molecule has 1 aromatic rings. The third-order valence-corrected chi connectivity index (χ3v) is 3.04. The maximum absolute atomic E-state index is 12.2. The average Bonchev–Trinajstić information content (AvgIpc) is 2.26. The van der Waals surface area contributed by atoms with Crippen LogP contribution in [0.2, 0.25) is 0 Å². The molecule has 1 amide bonds. The molecule has 0 fully saturated rings. The molecule has 0 radical (unpaired) electrons. The van der Waals surface area contributed by atoms with Crippen molar-refractivity contribution in [2.45, 2.75) is 44.8 Å². The van der Waals surface area contributed by atoms with E-state index in [0.29, 0.717) is 18.8 Å². The summed E-state index contributed by atoms with van der Waals surface area (Å²) in [6, 6.07) is 1.58. The molecule has 6 nitrogen and oxygen atoms in total. The molecule has 2 heterocycles. The minimum Gasteiger partial charge on any atom is -0.443 e. The number of amides is 1. The van der Waals surface area contributed by atoms with Gasteiger partial charge in [-0.25, -0.2) is 19.5 Å². The van der Waals surface area contributed by atoms with E-state index in [1.165, 1.54) is 15.7 Å². The summed E-state index contributed by atoms with van der Waals surface area (Å²) in [5.41, 5.74) is -1.55. The molecule has 1 atom stereocenters. The SMILES string of the molecule is CC(C)(C)OC(=O)N1c2ccnc(=O)n2CCC1Cl. The maximum atomic E-state index is 12.2. The number of nitrogens with zero attached hydrogens (tertiary/aromatic N) is 3. The first kappa shape index (κ1) is 13.9. The molecule has 104 valence electrons. The highest BCUT2D eigenvalue weighted by molar-refractivity contribution is 6.24. The van der Waals surface area contributed by atoms with Crippen molar-refractivity contribution in [3.8, 4) is 0 Å². The summed E-state index contributed by atoms with van der Waals surface area (Å²) in [6.45, 7) is 5.77. The van der Waals surface area contributed by atoms with E-state index in [2.05, 4.69) is 4.98 Å². The number of hydrogen-bond acceptors (Lipinski definition) is 4. The van der Waals surface area contributed by atoms with Gasteiger partial charge in [0, 0.05) is 19.2 Å². The second kappa shape index (κ2) is 4.85. The van der Waals surface area contributed by atoms with E-state index in [1.807, 2.05) is 0 Å². The van der Waals surface area contributed by atoms with Crippen molar-refractivity contribution in [2.24, 2.45) is 0 Å². The molecule has 0 N–H and O–H groups in total. The van der Waals surface area contributed by atoms with Gasteiger partial charge in [-0.1, -0.05) is 11.6 Å². The zero-order valence-electron chi connectivity index (χ0n) is 11.1. The Morgan fingerprint density at radius 2 is 2.21 bits per heavy atom. The second-order valence-corrected chi connectivity index (χ2v) is 5.81. The number of carbonyl (C=O) groups is 1. The van der Waals surface area contributed by atoms with Crippen molar-refractivity contribution in [1.29, 1.82) is 0 Å². The predicted molar refractivity (Wildman–Crippen MR) is 71.5 cm³/mol. The van der Waals surface area contributed by atoms with E-state index in [0.717, 1.165) is 0 Å². The molecule has 2 rings (SSSR count). The Hall–Kier alpha value is -1.56. The van der Waals surface area contributed by atoms with Crippen LogP contribution < -0.4 is 10.6 Å². The van der Waals surface area contributed by atoms with E-state index >= 15 is 0 Å². The number of ether oxygens (including phenoxy) is 1. The molecule has 7 heteroatoms. The third-order valence-electron chi connectivity index (χ3n) is 2.62. The third kappa shape index (κ3) is 2.89. The second-order valence-electron chi connectivity index (χ2n) is 5.31. The van der Waals surface area contributed by atoms with E-state index in [4.69, 9.17) is 16.3 Å². The maximum Gasteiger partial charge on any atom is 0.417 e. The Balaban J connectivity index is 2.38. The quantitative estimate of drug-likeness (QED) is 0.540. The van der Waals surface area contributed by atoms with Gasteiger partial charge < -0.3 is 4.74 Å². The first-order chi connectivity index (χ1) is 8.79. The highest BCUT2D eigenvalue weighted by atomic mass is 35.5. The van der Waals surface area contributed by atoms with E-state index < -0.39 is 22.9 Å². The summed E-state index contributed by atoms with van der Waals surface area (Å²) in [5.74, 6) is 0.417. The van der Waals surface area contributed by atoms with Crippen LogP contribution in [-0.2, 0) is 11.3 Å². The van der Waals surface area contributed by atoms with Gasteiger partial charge in [-0.2, -0.15) is 0 Å². The van der Waals surface area contributed by atoms with Gasteiger partial charge in [0.15, 0.2) is 0 Å². The van der Waals surface area contributed by atoms with E-state index in [-0.39, 0.29) is 0 Å². The van der Waals surface area contributed by atoms with Crippen LogP contribution in [0.5, 0.6) is 0 Å². The molecule has 0 bridgehead atoms. The van der Waals surface area contributed by atoms with Crippen LogP contribution >= 0.6 is 11.6 Å². The van der Waals surface area contributed by atoms with Crippen molar-refractivity contribution in [3.05, 3.63) is 22.7 Å². The fourth-order valence-electron chi connectivity index (χ4n) is 1.87. The van der Waals surface area contributed by atoms with Gasteiger partial charge in [0.25, 0.3) is 0 Å². The zero-order chi connectivity index (χ0) is 14.2. The van der Waals surface area contributed by atoms with Gasteiger partial charge in [0.05, 0.1) is 0 Å². The van der Waals surface area contributed by atoms with Crippen LogP contribution in [-0.4, -0.2) is 26.7 Å². The Kier molecular flexibility index (Phi) is 3.54. The number of rotatable bonds is 0. The van der Waals surface area contributed by atoms with Crippen LogP contribution in [0.3, 0.4) is 0 Å². The van der Waals surface area contributed by atoms with Gasteiger partial charge >= 0.3 is 11.8 Å². The highest BCUT2D eigenvalue weighted by Gasteiger charge is 2.33. The molecule has 0 saturated carbocycles. The summed E-state index contributed by atoms with van der Waals surface area (Å²) in [6.07, 6.45) is 1.27. The minimum absolute atomic E-state index is 0.394. The van der Waals surface area contributed by atoms with Gasteiger partial charge in [-0.15, -0.1) is 0 Å². The molecular formula is C12H16ClN3O3. The first-order valence-electron chi connectivity index (χ1n) is 6.02. The topological polar surface area (TPSA) is 64.4 Å². The van der Waals surface area contributed by atoms with Crippen molar-refractivity contribution >= 4 is 23.5 Å². The number of fused-ring (bicyclic) bond motifs is 1. The smallest absolute Gasteiger partial charge is 0.417 e. The van der Waals surface area contributed by atoms with Gasteiger partial charge in [0.2, 0.25) is 0 Å². The monoisotopic (exact) mass is 285 g/mol. The largest absolute Gasteiger partial charge is 0.443 e. The fraction of sp³-hybridized carbons (Fsp3) is 0.583. The predicted octanol–water partition coefficient (Wildman–Crippen LogP) is 1.95. The molecule has 1 aliphatic rings. The number of carbonyl (C=O) groups excluding carboxylic acids is 1. The lowest BCUT2D eigenvalue weighted by Crippen LogP contribution is -2.47. The molecule has 0 aliphatic carbocycles. The summed E-state index contributed by atoms with van der Waals surface area (Å²) < 4.78 is 6.73. The summed E-state index contributed by atoms with van der Waals surface area (Å²) >= 11 is 6.18. The number of halogens is 1. The molecule has 0 aromatic carbocycles. The molecule has 1 unspecified atom stereocenters. The van der Waals surface area contributed by atoms with Crippen molar-refractivity contribution < 1.29 is 9.53 Å². The first-order valence-corrected chi connectivity index (χ1v) is 6.45. The normalized spacial score (nSPS) is 18.9. The van der Waals surface area contributed by atoms with Crippen LogP contribution in [0.1, 0.15) is 27.2 Å². The number of aromatic nitrogens is 2. The lowest BCUT2D eigenvalue weighted by Gasteiger charge is -2.34. The fourth-order valence-corrected chi connectivity index (χ4v) is 2.15.